The van der Waals surface area contributed by atoms with Crippen LogP contribution in [0.15, 0.2) is 0 Å². The maximum atomic E-state index is 10.1. The van der Waals surface area contributed by atoms with E-state index in [0.29, 0.717) is 6.42 Å². The van der Waals surface area contributed by atoms with Gasteiger partial charge in [-0.2, -0.15) is 5.48 Å². The Kier molecular flexibility index (Phi) is 11.9. The van der Waals surface area contributed by atoms with E-state index < -0.39 is 0 Å². The molecular weight excluding hydrogens is 133 g/mol. The molecule has 0 saturated heterocycles. The van der Waals surface area contributed by atoms with Gasteiger partial charge in [0.15, 0.2) is 0 Å². The van der Waals surface area contributed by atoms with Crippen LogP contribution in [0, 0.1) is 0 Å². The van der Waals surface area contributed by atoms with Gasteiger partial charge in [-0.25, -0.2) is 0 Å². The molecular formula is C4H10KNO2. The van der Waals surface area contributed by atoms with Crippen molar-refractivity contribution in [1.82, 2.24) is 5.48 Å². The second-order valence-corrected chi connectivity index (χ2v) is 1.03. The van der Waals surface area contributed by atoms with Crippen molar-refractivity contribution in [2.45, 2.75) is 13.3 Å². The molecule has 0 radical (unpaired) electrons. The Hall–Kier alpha value is 1.07. The first kappa shape index (κ1) is 11.8. The van der Waals surface area contributed by atoms with Crippen LogP contribution in [-0.4, -0.2) is 64.4 Å². The van der Waals surface area contributed by atoms with Gasteiger partial charge < -0.3 is 4.84 Å². The molecule has 0 aliphatic heterocycles. The van der Waals surface area contributed by atoms with Crippen LogP contribution >= 0.6 is 0 Å². The predicted octanol–water partition coefficient (Wildman–Crippen LogP) is -0.575. The number of hydroxylamine groups is 1. The average Bonchev–Trinajstić information content (AvgIpc) is 1.68. The average molecular weight is 143 g/mol. The summed E-state index contributed by atoms with van der Waals surface area (Å²) in [6.45, 7) is 1.74. The standard InChI is InChI=1S/C4H9NO2.K.H/c1-3-4(6)7-5-2;;/h5H,3H2,1-2H3;;. The molecule has 1 N–H and O–H groups in total. The summed E-state index contributed by atoms with van der Waals surface area (Å²) in [6, 6.07) is 0. The number of hydrogen-bond donors (Lipinski definition) is 1. The molecule has 0 saturated carbocycles. The Bertz CT molecular complexity index is 67.1. The van der Waals surface area contributed by atoms with Crippen LogP contribution in [0.5, 0.6) is 0 Å². The first-order valence-electron chi connectivity index (χ1n) is 2.17. The molecule has 44 valence electrons. The Morgan fingerprint density at radius 3 is 2.38 bits per heavy atom. The molecule has 0 spiro atoms. The zero-order valence-electron chi connectivity index (χ0n) is 4.52. The monoisotopic (exact) mass is 143 g/mol. The predicted molar refractivity (Wildman–Crippen MR) is 32.6 cm³/mol. The van der Waals surface area contributed by atoms with Gasteiger partial charge in [0.1, 0.15) is 0 Å². The molecule has 0 heterocycles. The second-order valence-electron chi connectivity index (χ2n) is 1.03. The van der Waals surface area contributed by atoms with Crippen molar-refractivity contribution in [2.24, 2.45) is 0 Å². The Morgan fingerprint density at radius 2 is 2.25 bits per heavy atom. The first-order chi connectivity index (χ1) is 3.31. The van der Waals surface area contributed by atoms with Crippen molar-refractivity contribution < 1.29 is 9.63 Å². The molecule has 0 amide bonds. The number of carbonyl (C=O) groups is 1. The Morgan fingerprint density at radius 1 is 1.75 bits per heavy atom. The summed E-state index contributed by atoms with van der Waals surface area (Å²) in [6.07, 6.45) is 0.418. The van der Waals surface area contributed by atoms with Crippen molar-refractivity contribution in [3.63, 3.8) is 0 Å². The molecule has 0 rings (SSSR count). The quantitative estimate of drug-likeness (QED) is 0.415. The molecule has 3 nitrogen and oxygen atoms in total. The molecule has 0 aliphatic rings. The molecule has 0 aromatic heterocycles. The van der Waals surface area contributed by atoms with Crippen LogP contribution in [0.1, 0.15) is 13.3 Å². The molecule has 0 aliphatic carbocycles. The summed E-state index contributed by atoms with van der Waals surface area (Å²) >= 11 is 0. The van der Waals surface area contributed by atoms with E-state index >= 15 is 0 Å². The third-order valence-corrected chi connectivity index (χ3v) is 0.505. The zero-order valence-corrected chi connectivity index (χ0v) is 4.52. The van der Waals surface area contributed by atoms with E-state index in [1.54, 1.807) is 14.0 Å². The van der Waals surface area contributed by atoms with Gasteiger partial charge in [0.05, 0.1) is 0 Å². The van der Waals surface area contributed by atoms with Gasteiger partial charge in [-0.15, -0.1) is 0 Å². The van der Waals surface area contributed by atoms with Crippen LogP contribution in [0.25, 0.3) is 0 Å². The summed E-state index contributed by atoms with van der Waals surface area (Å²) in [5, 5.41) is 0. The molecule has 0 aromatic rings. The number of hydrogen-bond acceptors (Lipinski definition) is 3. The first-order valence-corrected chi connectivity index (χ1v) is 2.17. The molecule has 0 aromatic carbocycles. The van der Waals surface area contributed by atoms with Crippen molar-refractivity contribution in [3.8, 4) is 0 Å². The van der Waals surface area contributed by atoms with E-state index in [1.165, 1.54) is 0 Å². The van der Waals surface area contributed by atoms with E-state index in [9.17, 15) is 4.79 Å². The van der Waals surface area contributed by atoms with Gasteiger partial charge in [-0.1, -0.05) is 6.92 Å². The summed E-state index contributed by atoms with van der Waals surface area (Å²) in [5.74, 6) is -0.234. The Balaban J connectivity index is 0. The van der Waals surface area contributed by atoms with Crippen LogP contribution in [-0.2, 0) is 9.63 Å². The van der Waals surface area contributed by atoms with Crippen molar-refractivity contribution in [1.29, 1.82) is 0 Å². The van der Waals surface area contributed by atoms with Crippen molar-refractivity contribution in [3.05, 3.63) is 0 Å². The van der Waals surface area contributed by atoms with Crippen molar-refractivity contribution in [2.75, 3.05) is 7.05 Å². The Labute approximate surface area is 91.5 Å². The van der Waals surface area contributed by atoms with E-state index in [-0.39, 0.29) is 57.4 Å². The fraction of sp³-hybridized carbons (Fsp3) is 0.750. The van der Waals surface area contributed by atoms with E-state index in [4.69, 9.17) is 0 Å². The minimum atomic E-state index is -0.234. The van der Waals surface area contributed by atoms with Crippen LogP contribution < -0.4 is 5.48 Å². The summed E-state index contributed by atoms with van der Waals surface area (Å²) in [4.78, 5) is 14.4. The van der Waals surface area contributed by atoms with Gasteiger partial charge in [0.2, 0.25) is 0 Å². The topological polar surface area (TPSA) is 38.3 Å². The minimum absolute atomic E-state index is 0. The van der Waals surface area contributed by atoms with Gasteiger partial charge in [-0.3, -0.25) is 4.79 Å². The van der Waals surface area contributed by atoms with Gasteiger partial charge in [0.25, 0.3) is 0 Å². The maximum absolute atomic E-state index is 10.1. The van der Waals surface area contributed by atoms with Crippen LogP contribution in [0.4, 0.5) is 0 Å². The summed E-state index contributed by atoms with van der Waals surface area (Å²) < 4.78 is 0. The number of rotatable bonds is 2. The van der Waals surface area contributed by atoms with E-state index in [0.717, 1.165) is 0 Å². The van der Waals surface area contributed by atoms with Crippen LogP contribution in [0.2, 0.25) is 0 Å². The van der Waals surface area contributed by atoms with Gasteiger partial charge >= 0.3 is 57.4 Å². The van der Waals surface area contributed by atoms with E-state index in [2.05, 4.69) is 10.3 Å². The van der Waals surface area contributed by atoms with Gasteiger partial charge in [-0.05, 0) is 0 Å². The van der Waals surface area contributed by atoms with E-state index in [1.807, 2.05) is 0 Å². The summed E-state index contributed by atoms with van der Waals surface area (Å²) in [5.41, 5.74) is 2.27. The molecule has 0 atom stereocenters. The third-order valence-electron chi connectivity index (χ3n) is 0.505. The van der Waals surface area contributed by atoms with Gasteiger partial charge in [0, 0.05) is 13.5 Å². The fourth-order valence-corrected chi connectivity index (χ4v) is 0.186. The molecule has 4 heteroatoms. The molecule has 8 heavy (non-hydrogen) atoms. The molecule has 0 bridgehead atoms. The van der Waals surface area contributed by atoms with Crippen molar-refractivity contribution >= 4 is 57.4 Å². The zero-order chi connectivity index (χ0) is 5.70. The molecule has 0 unspecified atom stereocenters. The third kappa shape index (κ3) is 7.07. The van der Waals surface area contributed by atoms with Crippen LogP contribution in [0.3, 0.4) is 0 Å². The molecule has 0 fully saturated rings. The summed E-state index contributed by atoms with van der Waals surface area (Å²) in [7, 11) is 1.55. The fourth-order valence-electron chi connectivity index (χ4n) is 0.186. The normalized spacial score (nSPS) is 7.25. The number of nitrogens with one attached hydrogen (secondary N) is 1. The number of carbonyl (C=O) groups excluding carboxylic acids is 1. The second kappa shape index (κ2) is 8.07. The SMILES string of the molecule is CCC(=O)ONC.[KH].